The molecule has 0 amide bonds. The second-order valence-electron chi connectivity index (χ2n) is 3.09. The second kappa shape index (κ2) is 5.28. The van der Waals surface area contributed by atoms with Crippen molar-refractivity contribution in [3.8, 4) is 5.75 Å². The molecule has 1 aromatic rings. The summed E-state index contributed by atoms with van der Waals surface area (Å²) in [6, 6.07) is 4.28. The summed E-state index contributed by atoms with van der Waals surface area (Å²) in [5, 5.41) is 0. The normalized spacial score (nSPS) is 10.7. The molecule has 0 bridgehead atoms. The molecule has 86 valence electrons. The Kier molecular flexibility index (Phi) is 4.97. The van der Waals surface area contributed by atoms with Crippen LogP contribution in [0.1, 0.15) is 11.1 Å². The molecule has 0 spiro atoms. The van der Waals surface area contributed by atoms with Gasteiger partial charge in [0.15, 0.2) is 0 Å². The van der Waals surface area contributed by atoms with Crippen molar-refractivity contribution in [1.29, 1.82) is 0 Å². The van der Waals surface area contributed by atoms with Gasteiger partial charge in [0.05, 0.1) is 13.7 Å². The minimum atomic E-state index is -2.99. The van der Waals surface area contributed by atoms with Crippen LogP contribution in [0.4, 0.5) is 8.78 Å². The SMILES string of the molecule is COc1cc(C(F)(F)CN)ccc1C.Cl. The van der Waals surface area contributed by atoms with Crippen molar-refractivity contribution in [2.45, 2.75) is 12.8 Å². The smallest absolute Gasteiger partial charge is 0.285 e. The van der Waals surface area contributed by atoms with Crippen molar-refractivity contribution in [3.05, 3.63) is 29.3 Å². The minimum absolute atomic E-state index is 0. The van der Waals surface area contributed by atoms with Crippen molar-refractivity contribution in [1.82, 2.24) is 0 Å². The molecule has 0 aliphatic rings. The van der Waals surface area contributed by atoms with Gasteiger partial charge in [-0.3, -0.25) is 0 Å². The molecule has 0 aromatic heterocycles. The highest BCUT2D eigenvalue weighted by Crippen LogP contribution is 2.30. The molecule has 0 saturated carbocycles. The van der Waals surface area contributed by atoms with Gasteiger partial charge in [0, 0.05) is 5.56 Å². The molecule has 2 N–H and O–H groups in total. The number of halogens is 3. The molecule has 15 heavy (non-hydrogen) atoms. The number of hydrogen-bond acceptors (Lipinski definition) is 2. The molecule has 1 aromatic carbocycles. The molecule has 5 heteroatoms. The number of benzene rings is 1. The summed E-state index contributed by atoms with van der Waals surface area (Å²) in [7, 11) is 1.45. The zero-order valence-corrected chi connectivity index (χ0v) is 9.41. The third-order valence-corrected chi connectivity index (χ3v) is 2.09. The standard InChI is InChI=1S/C10H13F2NO.ClH/c1-7-3-4-8(5-9(7)14-2)10(11,12)6-13;/h3-5H,6,13H2,1-2H3;1H. The Morgan fingerprint density at radius 1 is 1.40 bits per heavy atom. The van der Waals surface area contributed by atoms with Crippen LogP contribution < -0.4 is 10.5 Å². The highest BCUT2D eigenvalue weighted by molar-refractivity contribution is 5.85. The molecule has 0 radical (unpaired) electrons. The topological polar surface area (TPSA) is 35.2 Å². The van der Waals surface area contributed by atoms with E-state index >= 15 is 0 Å². The largest absolute Gasteiger partial charge is 0.496 e. The van der Waals surface area contributed by atoms with Crippen LogP contribution in [0.25, 0.3) is 0 Å². The van der Waals surface area contributed by atoms with Gasteiger partial charge in [-0.25, -0.2) is 0 Å². The summed E-state index contributed by atoms with van der Waals surface area (Å²) in [6.07, 6.45) is 0. The van der Waals surface area contributed by atoms with Crippen LogP contribution in [0, 0.1) is 6.92 Å². The molecule has 0 atom stereocenters. The van der Waals surface area contributed by atoms with Gasteiger partial charge in [-0.05, 0) is 18.6 Å². The molecule has 1 rings (SSSR count). The molecule has 0 saturated heterocycles. The Labute approximate surface area is 93.8 Å². The quantitative estimate of drug-likeness (QED) is 0.877. The third kappa shape index (κ3) is 3.04. The van der Waals surface area contributed by atoms with E-state index in [4.69, 9.17) is 10.5 Å². The van der Waals surface area contributed by atoms with Crippen molar-refractivity contribution in [2.24, 2.45) is 5.73 Å². The van der Waals surface area contributed by atoms with E-state index in [0.717, 1.165) is 5.56 Å². The van der Waals surface area contributed by atoms with Crippen LogP contribution in [0.3, 0.4) is 0 Å². The maximum Gasteiger partial charge on any atom is 0.285 e. The molecule has 2 nitrogen and oxygen atoms in total. The van der Waals surface area contributed by atoms with Crippen LogP contribution in [-0.2, 0) is 5.92 Å². The Morgan fingerprint density at radius 3 is 2.47 bits per heavy atom. The van der Waals surface area contributed by atoms with Crippen LogP contribution in [0.15, 0.2) is 18.2 Å². The molecule has 0 heterocycles. The first-order valence-electron chi connectivity index (χ1n) is 4.24. The monoisotopic (exact) mass is 237 g/mol. The summed E-state index contributed by atoms with van der Waals surface area (Å²) in [5.74, 6) is -2.53. The van der Waals surface area contributed by atoms with Gasteiger partial charge in [-0.15, -0.1) is 12.4 Å². The van der Waals surface area contributed by atoms with Gasteiger partial charge < -0.3 is 10.5 Å². The first-order chi connectivity index (χ1) is 6.51. The summed E-state index contributed by atoms with van der Waals surface area (Å²) in [5.41, 5.74) is 5.69. The average molecular weight is 238 g/mol. The second-order valence-corrected chi connectivity index (χ2v) is 3.09. The summed E-state index contributed by atoms with van der Waals surface area (Å²) < 4.78 is 31.3. The highest BCUT2D eigenvalue weighted by atomic mass is 35.5. The Balaban J connectivity index is 0.00000196. The van der Waals surface area contributed by atoms with E-state index in [1.165, 1.54) is 19.2 Å². The molecular weight excluding hydrogens is 224 g/mol. The van der Waals surface area contributed by atoms with Crippen molar-refractivity contribution in [3.63, 3.8) is 0 Å². The van der Waals surface area contributed by atoms with Gasteiger partial charge in [0.2, 0.25) is 0 Å². The van der Waals surface area contributed by atoms with Crippen LogP contribution in [-0.4, -0.2) is 13.7 Å². The predicted molar refractivity (Wildman–Crippen MR) is 57.9 cm³/mol. The summed E-state index contributed by atoms with van der Waals surface area (Å²) >= 11 is 0. The maximum absolute atomic E-state index is 13.2. The van der Waals surface area contributed by atoms with E-state index in [1.807, 2.05) is 0 Å². The molecule has 0 aliphatic heterocycles. The lowest BCUT2D eigenvalue weighted by Gasteiger charge is -2.15. The van der Waals surface area contributed by atoms with E-state index in [0.29, 0.717) is 5.75 Å². The molecule has 0 fully saturated rings. The first-order valence-corrected chi connectivity index (χ1v) is 4.24. The lowest BCUT2D eigenvalue weighted by Crippen LogP contribution is -2.25. The molecule has 0 unspecified atom stereocenters. The number of rotatable bonds is 3. The zero-order chi connectivity index (χ0) is 10.8. The van der Waals surface area contributed by atoms with Crippen molar-refractivity contribution in [2.75, 3.05) is 13.7 Å². The van der Waals surface area contributed by atoms with E-state index in [2.05, 4.69) is 0 Å². The van der Waals surface area contributed by atoms with E-state index in [9.17, 15) is 8.78 Å². The fourth-order valence-corrected chi connectivity index (χ4v) is 1.17. The van der Waals surface area contributed by atoms with E-state index in [1.54, 1.807) is 13.0 Å². The van der Waals surface area contributed by atoms with E-state index in [-0.39, 0.29) is 18.0 Å². The van der Waals surface area contributed by atoms with Gasteiger partial charge in [0.25, 0.3) is 5.92 Å². The van der Waals surface area contributed by atoms with Crippen LogP contribution in [0.2, 0.25) is 0 Å². The minimum Gasteiger partial charge on any atom is -0.496 e. The van der Waals surface area contributed by atoms with E-state index < -0.39 is 12.5 Å². The van der Waals surface area contributed by atoms with Crippen LogP contribution in [0.5, 0.6) is 5.75 Å². The van der Waals surface area contributed by atoms with Crippen molar-refractivity contribution >= 4 is 12.4 Å². The van der Waals surface area contributed by atoms with Crippen LogP contribution >= 0.6 is 12.4 Å². The summed E-state index contributed by atoms with van der Waals surface area (Å²) in [4.78, 5) is 0. The lowest BCUT2D eigenvalue weighted by atomic mass is 10.1. The lowest BCUT2D eigenvalue weighted by molar-refractivity contribution is 0.00575. The average Bonchev–Trinajstić information content (AvgIpc) is 2.18. The number of aryl methyl sites for hydroxylation is 1. The summed E-state index contributed by atoms with van der Waals surface area (Å²) in [6.45, 7) is 1.10. The molecular formula is C10H14ClF2NO. The molecule has 0 aliphatic carbocycles. The number of alkyl halides is 2. The predicted octanol–water partition coefficient (Wildman–Crippen LogP) is 2.48. The highest BCUT2D eigenvalue weighted by Gasteiger charge is 2.29. The van der Waals surface area contributed by atoms with Gasteiger partial charge >= 0.3 is 0 Å². The van der Waals surface area contributed by atoms with Crippen molar-refractivity contribution < 1.29 is 13.5 Å². The van der Waals surface area contributed by atoms with Gasteiger partial charge in [-0.2, -0.15) is 8.78 Å². The Morgan fingerprint density at radius 2 is 2.00 bits per heavy atom. The number of methoxy groups -OCH3 is 1. The van der Waals surface area contributed by atoms with Gasteiger partial charge in [-0.1, -0.05) is 12.1 Å². The third-order valence-electron chi connectivity index (χ3n) is 2.09. The Hall–Kier alpha value is -0.870. The number of hydrogen-bond donors (Lipinski definition) is 1. The fraction of sp³-hybridized carbons (Fsp3) is 0.400. The maximum atomic E-state index is 13.2. The fourth-order valence-electron chi connectivity index (χ4n) is 1.17. The Bertz CT molecular complexity index is 331. The number of nitrogens with two attached hydrogens (primary N) is 1. The number of ether oxygens (including phenoxy) is 1. The van der Waals surface area contributed by atoms with Gasteiger partial charge in [0.1, 0.15) is 5.75 Å². The zero-order valence-electron chi connectivity index (χ0n) is 8.59. The first kappa shape index (κ1) is 14.1.